The summed E-state index contributed by atoms with van der Waals surface area (Å²) in [6.07, 6.45) is 1.81. The first kappa shape index (κ1) is 16.3. The van der Waals surface area contributed by atoms with E-state index in [1.54, 1.807) is 11.3 Å². The second kappa shape index (κ2) is 7.81. The smallest absolute Gasteiger partial charge is 0.0701 e. The topological polar surface area (TPSA) is 12.0 Å². The highest BCUT2D eigenvalue weighted by Gasteiger charge is 2.15. The van der Waals surface area contributed by atoms with Crippen LogP contribution < -0.4 is 5.32 Å². The Hall–Kier alpha value is -0.0600. The van der Waals surface area contributed by atoms with Crippen molar-refractivity contribution in [2.75, 3.05) is 6.54 Å². The predicted octanol–water partition coefficient (Wildman–Crippen LogP) is 5.58. The van der Waals surface area contributed by atoms with Crippen molar-refractivity contribution in [2.24, 2.45) is 0 Å². The van der Waals surface area contributed by atoms with Crippen LogP contribution in [0.4, 0.5) is 0 Å². The van der Waals surface area contributed by atoms with Gasteiger partial charge < -0.3 is 5.32 Å². The number of nitrogens with one attached hydrogen (secondary N) is 1. The quantitative estimate of drug-likeness (QED) is 0.676. The minimum absolute atomic E-state index is 0.336. The molecule has 0 fully saturated rings. The summed E-state index contributed by atoms with van der Waals surface area (Å²) < 4.78 is 1.17. The van der Waals surface area contributed by atoms with E-state index in [9.17, 15) is 0 Å². The van der Waals surface area contributed by atoms with E-state index in [-0.39, 0.29) is 0 Å². The molecule has 1 atom stereocenters. The van der Waals surface area contributed by atoms with Crippen LogP contribution in [-0.2, 0) is 12.8 Å². The van der Waals surface area contributed by atoms with Crippen LogP contribution in [0.1, 0.15) is 17.4 Å². The van der Waals surface area contributed by atoms with Gasteiger partial charge in [0.15, 0.2) is 0 Å². The van der Waals surface area contributed by atoms with Gasteiger partial charge in [0.05, 0.1) is 3.79 Å². The van der Waals surface area contributed by atoms with Crippen LogP contribution in [0, 0.1) is 0 Å². The Kier molecular flexibility index (Phi) is 6.37. The molecule has 1 N–H and O–H groups in total. The molecule has 1 unspecified atom stereocenters. The third-order valence-electron chi connectivity index (χ3n) is 3.08. The van der Waals surface area contributed by atoms with Crippen molar-refractivity contribution in [3.05, 3.63) is 54.6 Å². The maximum atomic E-state index is 6.26. The standard InChI is InChI=1S/C15H16BrCl2NS/c1-2-19-10(8-11-6-7-15(16)20-11)9-12-13(17)4-3-5-14(12)18/h3-7,10,19H,2,8-9H2,1H3. The van der Waals surface area contributed by atoms with Gasteiger partial charge >= 0.3 is 0 Å². The normalized spacial score (nSPS) is 12.6. The number of rotatable bonds is 6. The highest BCUT2D eigenvalue weighted by Crippen LogP contribution is 2.28. The molecule has 20 heavy (non-hydrogen) atoms. The van der Waals surface area contributed by atoms with Crippen molar-refractivity contribution in [2.45, 2.75) is 25.8 Å². The zero-order chi connectivity index (χ0) is 14.5. The fourth-order valence-corrected chi connectivity index (χ4v) is 4.30. The van der Waals surface area contributed by atoms with Gasteiger partial charge in [-0.3, -0.25) is 0 Å². The Morgan fingerprint density at radius 2 is 1.85 bits per heavy atom. The summed E-state index contributed by atoms with van der Waals surface area (Å²) in [6.45, 7) is 3.05. The van der Waals surface area contributed by atoms with Crippen LogP contribution in [0.3, 0.4) is 0 Å². The molecule has 108 valence electrons. The Morgan fingerprint density at radius 1 is 1.15 bits per heavy atom. The molecule has 0 spiro atoms. The zero-order valence-electron chi connectivity index (χ0n) is 11.1. The summed E-state index contributed by atoms with van der Waals surface area (Å²) in [7, 11) is 0. The van der Waals surface area contributed by atoms with Gasteiger partial charge in [-0.15, -0.1) is 11.3 Å². The first-order valence-corrected chi connectivity index (χ1v) is 8.87. The maximum Gasteiger partial charge on any atom is 0.0701 e. The second-order valence-corrected chi connectivity index (χ2v) is 7.93. The molecular weight excluding hydrogens is 377 g/mol. The Labute approximate surface area is 142 Å². The summed E-state index contributed by atoms with van der Waals surface area (Å²) >= 11 is 17.8. The van der Waals surface area contributed by atoms with E-state index in [2.05, 4.69) is 40.3 Å². The average molecular weight is 393 g/mol. The Bertz CT molecular complexity index is 551. The predicted molar refractivity (Wildman–Crippen MR) is 93.4 cm³/mol. The second-order valence-electron chi connectivity index (χ2n) is 4.57. The van der Waals surface area contributed by atoms with Gasteiger partial charge in [0.2, 0.25) is 0 Å². The number of halogens is 3. The summed E-state index contributed by atoms with van der Waals surface area (Å²) in [4.78, 5) is 1.35. The third kappa shape index (κ3) is 4.47. The van der Waals surface area contributed by atoms with Crippen LogP contribution in [-0.4, -0.2) is 12.6 Å². The molecule has 0 radical (unpaired) electrons. The molecule has 1 heterocycles. The van der Waals surface area contributed by atoms with Gasteiger partial charge in [0.25, 0.3) is 0 Å². The van der Waals surface area contributed by atoms with E-state index in [0.29, 0.717) is 6.04 Å². The van der Waals surface area contributed by atoms with Crippen LogP contribution >= 0.6 is 50.5 Å². The third-order valence-corrected chi connectivity index (χ3v) is 5.44. The molecule has 0 aliphatic carbocycles. The van der Waals surface area contributed by atoms with Gasteiger partial charge in [0, 0.05) is 21.0 Å². The molecule has 1 aromatic heterocycles. The largest absolute Gasteiger partial charge is 0.314 e. The molecule has 2 aromatic rings. The van der Waals surface area contributed by atoms with Crippen LogP contribution in [0.15, 0.2) is 34.1 Å². The highest BCUT2D eigenvalue weighted by molar-refractivity contribution is 9.11. The number of thiophene rings is 1. The Morgan fingerprint density at radius 3 is 2.40 bits per heavy atom. The first-order valence-electron chi connectivity index (χ1n) is 6.50. The molecule has 0 bridgehead atoms. The lowest BCUT2D eigenvalue weighted by Gasteiger charge is -2.18. The number of hydrogen-bond donors (Lipinski definition) is 1. The number of hydrogen-bond acceptors (Lipinski definition) is 2. The molecule has 1 nitrogen and oxygen atoms in total. The van der Waals surface area contributed by atoms with Crippen molar-refractivity contribution < 1.29 is 0 Å². The van der Waals surface area contributed by atoms with Crippen molar-refractivity contribution in [1.29, 1.82) is 0 Å². The van der Waals surface area contributed by atoms with Gasteiger partial charge in [-0.25, -0.2) is 0 Å². The number of likely N-dealkylation sites (N-methyl/N-ethyl adjacent to an activating group) is 1. The lowest BCUT2D eigenvalue weighted by molar-refractivity contribution is 0.524. The number of benzene rings is 1. The zero-order valence-corrected chi connectivity index (χ0v) is 15.0. The summed E-state index contributed by atoms with van der Waals surface area (Å²) in [6, 6.07) is 10.3. The lowest BCUT2D eigenvalue weighted by atomic mass is 10.0. The monoisotopic (exact) mass is 391 g/mol. The van der Waals surface area contributed by atoms with Crippen LogP contribution in [0.25, 0.3) is 0 Å². The summed E-state index contributed by atoms with van der Waals surface area (Å²) in [5.74, 6) is 0. The van der Waals surface area contributed by atoms with E-state index in [4.69, 9.17) is 23.2 Å². The Balaban J connectivity index is 2.13. The van der Waals surface area contributed by atoms with Gasteiger partial charge in [-0.05, 0) is 65.1 Å². The molecule has 0 amide bonds. The van der Waals surface area contributed by atoms with E-state index in [1.165, 1.54) is 8.66 Å². The van der Waals surface area contributed by atoms with E-state index in [0.717, 1.165) is 35.0 Å². The molecule has 0 aliphatic heterocycles. The van der Waals surface area contributed by atoms with Gasteiger partial charge in [-0.1, -0.05) is 36.2 Å². The SMILES string of the molecule is CCNC(Cc1ccc(Br)s1)Cc1c(Cl)cccc1Cl. The van der Waals surface area contributed by atoms with Crippen molar-refractivity contribution in [3.63, 3.8) is 0 Å². The van der Waals surface area contributed by atoms with Crippen molar-refractivity contribution in [3.8, 4) is 0 Å². The maximum absolute atomic E-state index is 6.26. The van der Waals surface area contributed by atoms with E-state index in [1.807, 2.05) is 18.2 Å². The molecule has 5 heteroatoms. The summed E-state index contributed by atoms with van der Waals surface area (Å²) in [5, 5.41) is 5.00. The summed E-state index contributed by atoms with van der Waals surface area (Å²) in [5.41, 5.74) is 1.03. The molecule has 1 aromatic carbocycles. The van der Waals surface area contributed by atoms with Crippen LogP contribution in [0.2, 0.25) is 10.0 Å². The fourth-order valence-electron chi connectivity index (χ4n) is 2.18. The average Bonchev–Trinajstić information content (AvgIpc) is 2.80. The highest BCUT2D eigenvalue weighted by atomic mass is 79.9. The van der Waals surface area contributed by atoms with Gasteiger partial charge in [-0.2, -0.15) is 0 Å². The van der Waals surface area contributed by atoms with E-state index < -0.39 is 0 Å². The van der Waals surface area contributed by atoms with Crippen LogP contribution in [0.5, 0.6) is 0 Å². The molecule has 0 saturated carbocycles. The minimum atomic E-state index is 0.336. The molecule has 0 aliphatic rings. The van der Waals surface area contributed by atoms with Gasteiger partial charge in [0.1, 0.15) is 0 Å². The van der Waals surface area contributed by atoms with E-state index >= 15 is 0 Å². The van der Waals surface area contributed by atoms with Crippen molar-refractivity contribution >= 4 is 50.5 Å². The lowest BCUT2D eigenvalue weighted by Crippen LogP contribution is -2.33. The minimum Gasteiger partial charge on any atom is -0.314 e. The fraction of sp³-hybridized carbons (Fsp3) is 0.333. The first-order chi connectivity index (χ1) is 9.60. The molecular formula is C15H16BrCl2NS. The van der Waals surface area contributed by atoms with Crippen molar-refractivity contribution in [1.82, 2.24) is 5.32 Å². The molecule has 2 rings (SSSR count). The molecule has 0 saturated heterocycles.